The number of carbonyl (C=O) groups is 1. The molecule has 3 rings (SSSR count). The molecule has 2 heterocycles. The minimum Gasteiger partial charge on any atom is -0.347 e. The average molecular weight is 405 g/mol. The molecule has 1 N–H and O–H groups in total. The molecule has 134 valence electrons. The number of likely N-dealkylation sites (tertiary alicyclic amines) is 1. The fourth-order valence-electron chi connectivity index (χ4n) is 3.28. The summed E-state index contributed by atoms with van der Waals surface area (Å²) in [6.45, 7) is 5.82. The molecular formula is C19H25BrN4O. The number of nitrogens with one attached hydrogen (secondary N) is 1. The molecule has 0 atom stereocenters. The van der Waals surface area contributed by atoms with Crippen molar-refractivity contribution in [2.24, 2.45) is 7.05 Å². The van der Waals surface area contributed by atoms with Crippen molar-refractivity contribution in [2.75, 3.05) is 13.1 Å². The molecule has 2 aromatic rings. The molecular weight excluding hydrogens is 380 g/mol. The zero-order valence-electron chi connectivity index (χ0n) is 14.9. The number of hydrogen-bond acceptors (Lipinski definition) is 3. The highest BCUT2D eigenvalue weighted by molar-refractivity contribution is 9.10. The number of amides is 1. The first kappa shape index (κ1) is 18.1. The second kappa shape index (κ2) is 8.15. The third kappa shape index (κ3) is 4.50. The van der Waals surface area contributed by atoms with Crippen LogP contribution in [0.4, 0.5) is 0 Å². The summed E-state index contributed by atoms with van der Waals surface area (Å²) in [5, 5.41) is 7.23. The molecule has 1 amide bonds. The molecule has 6 heteroatoms. The molecule has 1 aliphatic rings. The fraction of sp³-hybridized carbons (Fsp3) is 0.474. The van der Waals surface area contributed by atoms with E-state index in [1.807, 2.05) is 6.92 Å². The zero-order chi connectivity index (χ0) is 17.8. The van der Waals surface area contributed by atoms with Crippen LogP contribution in [0.3, 0.4) is 0 Å². The number of rotatable bonds is 5. The van der Waals surface area contributed by atoms with Gasteiger partial charge in [0.25, 0.3) is 5.91 Å². The monoisotopic (exact) mass is 404 g/mol. The van der Waals surface area contributed by atoms with Gasteiger partial charge in [0.15, 0.2) is 0 Å². The standard InChI is InChI=1S/C19H25BrN4O/c1-14-17(20)18(23(2)22-14)19(25)21-12-15-6-8-16(9-7-15)13-24-10-4-3-5-11-24/h6-9H,3-5,10-13H2,1-2H3,(H,21,25). The summed E-state index contributed by atoms with van der Waals surface area (Å²) >= 11 is 3.44. The molecule has 5 nitrogen and oxygen atoms in total. The molecule has 0 spiro atoms. The Morgan fingerprint density at radius 1 is 1.16 bits per heavy atom. The maximum atomic E-state index is 12.4. The summed E-state index contributed by atoms with van der Waals surface area (Å²) in [4.78, 5) is 14.9. The summed E-state index contributed by atoms with van der Waals surface area (Å²) in [5.74, 6) is -0.118. The fourth-order valence-corrected chi connectivity index (χ4v) is 3.80. The summed E-state index contributed by atoms with van der Waals surface area (Å²) < 4.78 is 2.36. The molecule has 0 saturated carbocycles. The van der Waals surface area contributed by atoms with Crippen LogP contribution in [0.2, 0.25) is 0 Å². The second-order valence-electron chi connectivity index (χ2n) is 6.71. The highest BCUT2D eigenvalue weighted by Crippen LogP contribution is 2.20. The van der Waals surface area contributed by atoms with E-state index in [1.165, 1.54) is 37.9 Å². The normalized spacial score (nSPS) is 15.3. The van der Waals surface area contributed by atoms with E-state index in [4.69, 9.17) is 0 Å². The number of benzene rings is 1. The number of carbonyl (C=O) groups excluding carboxylic acids is 1. The number of halogens is 1. The topological polar surface area (TPSA) is 50.2 Å². The summed E-state index contributed by atoms with van der Waals surface area (Å²) in [6, 6.07) is 8.53. The van der Waals surface area contributed by atoms with E-state index in [2.05, 4.69) is 55.5 Å². The summed E-state index contributed by atoms with van der Waals surface area (Å²) in [6.07, 6.45) is 3.99. The van der Waals surface area contributed by atoms with Crippen LogP contribution < -0.4 is 5.32 Å². The van der Waals surface area contributed by atoms with Crippen LogP contribution in [-0.2, 0) is 20.1 Å². The largest absolute Gasteiger partial charge is 0.347 e. The third-order valence-corrected chi connectivity index (χ3v) is 5.64. The van der Waals surface area contributed by atoms with Crippen molar-refractivity contribution in [2.45, 2.75) is 39.3 Å². The number of piperidine rings is 1. The van der Waals surface area contributed by atoms with Gasteiger partial charge in [0.05, 0.1) is 10.2 Å². The molecule has 1 aliphatic heterocycles. The predicted molar refractivity (Wildman–Crippen MR) is 102 cm³/mol. The van der Waals surface area contributed by atoms with Crippen molar-refractivity contribution in [3.8, 4) is 0 Å². The van der Waals surface area contributed by atoms with Crippen LogP contribution >= 0.6 is 15.9 Å². The van der Waals surface area contributed by atoms with E-state index in [0.717, 1.165) is 22.3 Å². The molecule has 0 radical (unpaired) electrons. The van der Waals surface area contributed by atoms with Gasteiger partial charge in [0.2, 0.25) is 0 Å². The minimum absolute atomic E-state index is 0.118. The molecule has 1 saturated heterocycles. The van der Waals surface area contributed by atoms with E-state index in [1.54, 1.807) is 11.7 Å². The average Bonchev–Trinajstić information content (AvgIpc) is 2.87. The second-order valence-corrected chi connectivity index (χ2v) is 7.50. The van der Waals surface area contributed by atoms with Crippen molar-refractivity contribution in [1.29, 1.82) is 0 Å². The minimum atomic E-state index is -0.118. The molecule has 25 heavy (non-hydrogen) atoms. The van der Waals surface area contributed by atoms with Crippen LogP contribution in [0.15, 0.2) is 28.7 Å². The third-order valence-electron chi connectivity index (χ3n) is 4.70. The highest BCUT2D eigenvalue weighted by atomic mass is 79.9. The first-order valence-corrected chi connectivity index (χ1v) is 9.61. The van der Waals surface area contributed by atoms with Crippen molar-refractivity contribution < 1.29 is 4.79 Å². The SMILES string of the molecule is Cc1nn(C)c(C(=O)NCc2ccc(CN3CCCCC3)cc2)c1Br. The first-order valence-electron chi connectivity index (χ1n) is 8.82. The number of aromatic nitrogens is 2. The van der Waals surface area contributed by atoms with Gasteiger partial charge in [0, 0.05) is 20.1 Å². The maximum Gasteiger partial charge on any atom is 0.270 e. The molecule has 1 aromatic carbocycles. The van der Waals surface area contributed by atoms with E-state index < -0.39 is 0 Å². The Balaban J connectivity index is 1.55. The van der Waals surface area contributed by atoms with Crippen LogP contribution in [-0.4, -0.2) is 33.7 Å². The van der Waals surface area contributed by atoms with Crippen LogP contribution in [0.5, 0.6) is 0 Å². The Labute approximate surface area is 157 Å². The van der Waals surface area contributed by atoms with Gasteiger partial charge in [-0.25, -0.2) is 0 Å². The van der Waals surface area contributed by atoms with Gasteiger partial charge in [-0.3, -0.25) is 14.4 Å². The van der Waals surface area contributed by atoms with Gasteiger partial charge in [-0.1, -0.05) is 30.7 Å². The van der Waals surface area contributed by atoms with Crippen molar-refractivity contribution in [1.82, 2.24) is 20.0 Å². The highest BCUT2D eigenvalue weighted by Gasteiger charge is 2.17. The Hall–Kier alpha value is -1.66. The lowest BCUT2D eigenvalue weighted by atomic mass is 10.1. The Bertz CT molecular complexity index is 733. The molecule has 1 fully saturated rings. The molecule has 0 bridgehead atoms. The van der Waals surface area contributed by atoms with Crippen molar-refractivity contribution in [3.05, 3.63) is 51.3 Å². The molecule has 0 aliphatic carbocycles. The number of nitrogens with zero attached hydrogens (tertiary/aromatic N) is 3. The maximum absolute atomic E-state index is 12.4. The number of hydrogen-bond donors (Lipinski definition) is 1. The van der Waals surface area contributed by atoms with Gasteiger partial charge in [0.1, 0.15) is 5.69 Å². The first-order chi connectivity index (χ1) is 12.0. The van der Waals surface area contributed by atoms with Crippen LogP contribution in [0.1, 0.15) is 46.6 Å². The van der Waals surface area contributed by atoms with Crippen LogP contribution in [0.25, 0.3) is 0 Å². The Morgan fingerprint density at radius 2 is 1.80 bits per heavy atom. The van der Waals surface area contributed by atoms with Gasteiger partial charge in [-0.05, 0) is 59.9 Å². The molecule has 0 unspecified atom stereocenters. The lowest BCUT2D eigenvalue weighted by molar-refractivity contribution is 0.0940. The quantitative estimate of drug-likeness (QED) is 0.830. The number of aryl methyl sites for hydroxylation is 2. The Kier molecular flexibility index (Phi) is 5.91. The van der Waals surface area contributed by atoms with Crippen molar-refractivity contribution in [3.63, 3.8) is 0 Å². The van der Waals surface area contributed by atoms with E-state index in [0.29, 0.717) is 12.2 Å². The van der Waals surface area contributed by atoms with Gasteiger partial charge in [-0.15, -0.1) is 0 Å². The van der Waals surface area contributed by atoms with Gasteiger partial charge in [-0.2, -0.15) is 5.10 Å². The van der Waals surface area contributed by atoms with Gasteiger partial charge >= 0.3 is 0 Å². The predicted octanol–water partition coefficient (Wildman–Crippen LogP) is 3.41. The summed E-state index contributed by atoms with van der Waals surface area (Å²) in [7, 11) is 1.78. The van der Waals surface area contributed by atoms with E-state index >= 15 is 0 Å². The lowest BCUT2D eigenvalue weighted by Crippen LogP contribution is -2.29. The van der Waals surface area contributed by atoms with E-state index in [9.17, 15) is 4.79 Å². The molecule has 1 aromatic heterocycles. The smallest absolute Gasteiger partial charge is 0.270 e. The lowest BCUT2D eigenvalue weighted by Gasteiger charge is -2.26. The Morgan fingerprint density at radius 3 is 2.40 bits per heavy atom. The van der Waals surface area contributed by atoms with Crippen molar-refractivity contribution >= 4 is 21.8 Å². The summed E-state index contributed by atoms with van der Waals surface area (Å²) in [5.41, 5.74) is 3.81. The van der Waals surface area contributed by atoms with E-state index in [-0.39, 0.29) is 5.91 Å². The van der Waals surface area contributed by atoms with Gasteiger partial charge < -0.3 is 5.32 Å². The van der Waals surface area contributed by atoms with Crippen LogP contribution in [0, 0.1) is 6.92 Å². The zero-order valence-corrected chi connectivity index (χ0v) is 16.5.